The molecule has 0 radical (unpaired) electrons. The Kier molecular flexibility index (Phi) is 9.67. The van der Waals surface area contributed by atoms with Gasteiger partial charge in [-0.15, -0.1) is 11.3 Å². The molecule has 4 unspecified atom stereocenters. The highest BCUT2D eigenvalue weighted by atomic mass is 32.1. The predicted molar refractivity (Wildman–Crippen MR) is 268 cm³/mol. The van der Waals surface area contributed by atoms with Crippen molar-refractivity contribution in [3.63, 3.8) is 0 Å². The number of aliphatic imine (C=N–C) groups is 2. The number of hydrogen-bond donors (Lipinski definition) is 1. The lowest BCUT2D eigenvalue weighted by Crippen LogP contribution is -2.44. The summed E-state index contributed by atoms with van der Waals surface area (Å²) in [5, 5.41) is 10.7. The van der Waals surface area contributed by atoms with E-state index in [-0.39, 0.29) is 12.1 Å². The summed E-state index contributed by atoms with van der Waals surface area (Å²) < 4.78 is 5.20. The third-order valence-electron chi connectivity index (χ3n) is 14.0. The zero-order chi connectivity index (χ0) is 41.9. The fourth-order valence-electron chi connectivity index (χ4n) is 10.8. The van der Waals surface area contributed by atoms with E-state index in [0.717, 1.165) is 62.2 Å². The maximum absolute atomic E-state index is 5.56. The van der Waals surface area contributed by atoms with Crippen molar-refractivity contribution >= 4 is 71.8 Å². The minimum atomic E-state index is -0.310. The summed E-state index contributed by atoms with van der Waals surface area (Å²) in [6, 6.07) is 33.3. The van der Waals surface area contributed by atoms with Crippen molar-refractivity contribution in [2.45, 2.75) is 58.0 Å². The van der Waals surface area contributed by atoms with Crippen LogP contribution in [0.1, 0.15) is 63.0 Å². The number of allylic oxidation sites excluding steroid dienone is 13. The van der Waals surface area contributed by atoms with Crippen LogP contribution in [-0.4, -0.2) is 22.4 Å². The average Bonchev–Trinajstić information content (AvgIpc) is 3.91. The first-order valence-corrected chi connectivity index (χ1v) is 23.7. The van der Waals surface area contributed by atoms with E-state index in [1.165, 1.54) is 80.8 Å². The molecule has 0 spiro atoms. The van der Waals surface area contributed by atoms with Crippen molar-refractivity contribution in [3.05, 3.63) is 202 Å². The van der Waals surface area contributed by atoms with Crippen molar-refractivity contribution in [1.29, 1.82) is 0 Å². The molecule has 6 aliphatic rings. The summed E-state index contributed by atoms with van der Waals surface area (Å²) in [5.74, 6) is 2.65. The number of nitrogens with one attached hydrogen (secondary N) is 1. The number of nitrogens with zero attached hydrogens (tertiary/aromatic N) is 3. The molecule has 308 valence electrons. The van der Waals surface area contributed by atoms with E-state index in [2.05, 4.69) is 187 Å². The van der Waals surface area contributed by atoms with Crippen LogP contribution in [0, 0.1) is 17.8 Å². The number of benzene rings is 4. The Labute approximate surface area is 373 Å². The van der Waals surface area contributed by atoms with Crippen LogP contribution < -0.4 is 15.9 Å². The fourth-order valence-corrected chi connectivity index (χ4v) is 12.1. The van der Waals surface area contributed by atoms with Crippen molar-refractivity contribution in [2.24, 2.45) is 27.7 Å². The molecule has 12 rings (SSSR count). The highest BCUT2D eigenvalue weighted by Gasteiger charge is 2.32. The Morgan fingerprint density at radius 2 is 1.52 bits per heavy atom. The Balaban J connectivity index is 1.08. The minimum absolute atomic E-state index is 0.127. The number of amidine groups is 2. The first-order chi connectivity index (χ1) is 31.2. The standard InChI is InChI=1S/C58H50N4S/c1-37-17-11-12-26-44(37)57-59-56(39-20-7-3-8-21-39)60-58(61-57)50-36-42(41-23-15-22-40(35-41)38-18-5-2-6-19-38)31-32-45(50)47-28-16-30-52-53(47)49-34-33-48-46-27-13-14-29-51(46)62(54(48)55(49)63-52)43-24-9-4-10-25-43/h2-12,16-18,20-22,24-30,33-38,44,58H,13-15,19,23,31-32H2,1H3,(H,59,60,61). The average molecular weight is 835 g/mol. The molecular weight excluding hydrogens is 785 g/mol. The highest BCUT2D eigenvalue weighted by molar-refractivity contribution is 7.26. The van der Waals surface area contributed by atoms with Crippen LogP contribution in [0.4, 0.5) is 0 Å². The van der Waals surface area contributed by atoms with Crippen LogP contribution in [0.15, 0.2) is 190 Å². The van der Waals surface area contributed by atoms with E-state index >= 15 is 0 Å². The van der Waals surface area contributed by atoms with E-state index in [4.69, 9.17) is 9.98 Å². The number of hydrogen-bond acceptors (Lipinski definition) is 4. The van der Waals surface area contributed by atoms with E-state index in [1.807, 2.05) is 11.3 Å². The van der Waals surface area contributed by atoms with Gasteiger partial charge in [-0.25, -0.2) is 9.98 Å². The second-order valence-electron chi connectivity index (χ2n) is 17.8. The summed E-state index contributed by atoms with van der Waals surface area (Å²) in [7, 11) is 0. The van der Waals surface area contributed by atoms with Gasteiger partial charge in [0.15, 0.2) is 5.84 Å². The zero-order valence-corrected chi connectivity index (χ0v) is 36.5. The molecule has 1 aliphatic heterocycles. The minimum Gasteiger partial charge on any atom is -0.348 e. The lowest BCUT2D eigenvalue weighted by atomic mass is 9.79. The lowest BCUT2D eigenvalue weighted by Gasteiger charge is -2.33. The predicted octanol–water partition coefficient (Wildman–Crippen LogP) is 12.8. The molecule has 0 bridgehead atoms. The molecule has 2 aromatic heterocycles. The number of para-hydroxylation sites is 1. The first kappa shape index (κ1) is 38.1. The van der Waals surface area contributed by atoms with E-state index < -0.39 is 0 Å². The molecule has 0 fully saturated rings. The number of rotatable bonds is 7. The van der Waals surface area contributed by atoms with Crippen LogP contribution in [0.2, 0.25) is 0 Å². The summed E-state index contributed by atoms with van der Waals surface area (Å²) in [6.07, 6.45) is 37.3. The Morgan fingerprint density at radius 3 is 2.38 bits per heavy atom. The van der Waals surface area contributed by atoms with Gasteiger partial charge in [0.1, 0.15) is 12.0 Å². The topological polar surface area (TPSA) is 41.7 Å². The third-order valence-corrected chi connectivity index (χ3v) is 15.1. The molecule has 0 saturated carbocycles. The Hall–Kier alpha value is -6.56. The number of fused-ring (bicyclic) bond motifs is 7. The molecule has 63 heavy (non-hydrogen) atoms. The van der Waals surface area contributed by atoms with Crippen molar-refractivity contribution in [1.82, 2.24) is 9.88 Å². The highest BCUT2D eigenvalue weighted by Crippen LogP contribution is 2.46. The molecule has 6 aromatic rings. The molecule has 0 amide bonds. The molecule has 5 heteroatoms. The molecule has 5 aliphatic carbocycles. The van der Waals surface area contributed by atoms with E-state index in [1.54, 1.807) is 0 Å². The van der Waals surface area contributed by atoms with Gasteiger partial charge >= 0.3 is 0 Å². The molecule has 4 aromatic carbocycles. The van der Waals surface area contributed by atoms with Crippen LogP contribution in [-0.2, 0) is 0 Å². The Morgan fingerprint density at radius 1 is 0.714 bits per heavy atom. The van der Waals surface area contributed by atoms with Gasteiger partial charge in [-0.2, -0.15) is 0 Å². The van der Waals surface area contributed by atoms with Crippen LogP contribution >= 0.6 is 11.3 Å². The maximum Gasteiger partial charge on any atom is 0.159 e. The van der Waals surface area contributed by atoms with Gasteiger partial charge < -0.3 is 9.88 Å². The largest absolute Gasteiger partial charge is 0.348 e. The van der Waals surface area contributed by atoms with Gasteiger partial charge in [-0.05, 0) is 96.9 Å². The summed E-state index contributed by atoms with van der Waals surface area (Å²) >= 11 is 1.94. The van der Waals surface area contributed by atoms with Crippen LogP contribution in [0.3, 0.4) is 0 Å². The van der Waals surface area contributed by atoms with Gasteiger partial charge in [0.25, 0.3) is 0 Å². The van der Waals surface area contributed by atoms with E-state index in [9.17, 15) is 0 Å². The van der Waals surface area contributed by atoms with Crippen molar-refractivity contribution < 1.29 is 0 Å². The third kappa shape index (κ3) is 6.72. The van der Waals surface area contributed by atoms with Crippen molar-refractivity contribution in [2.75, 3.05) is 0 Å². The van der Waals surface area contributed by atoms with Gasteiger partial charge in [-0.1, -0.05) is 159 Å². The molecule has 4 nitrogen and oxygen atoms in total. The molecule has 1 N–H and O–H groups in total. The SMILES string of the molecule is CC1C=CC=CC1C1=NC(c2ccccc2)=NC(C2=C(c3cccc4sc5c(ccc6c7c(n(-c8ccccc8)c65)=CCCC=7)c34)CCC(C3=CC(C4C=CC=CC4)=CCC3)=C2)N1. The number of aromatic nitrogens is 1. The van der Waals surface area contributed by atoms with Gasteiger partial charge in [0.05, 0.1) is 10.2 Å². The smallest absolute Gasteiger partial charge is 0.159 e. The van der Waals surface area contributed by atoms with Crippen molar-refractivity contribution in [3.8, 4) is 5.69 Å². The quantitative estimate of drug-likeness (QED) is 0.171. The normalized spacial score (nSPS) is 23.1. The molecular formula is C58H50N4S. The zero-order valence-electron chi connectivity index (χ0n) is 35.7. The second kappa shape index (κ2) is 16.0. The fraction of sp³-hybridized carbons (Fsp3) is 0.207. The summed E-state index contributed by atoms with van der Waals surface area (Å²) in [6.45, 7) is 2.29. The van der Waals surface area contributed by atoms with Crippen LogP contribution in [0.25, 0.3) is 54.5 Å². The van der Waals surface area contributed by atoms with Gasteiger partial charge in [0, 0.05) is 60.1 Å². The monoisotopic (exact) mass is 834 g/mol. The van der Waals surface area contributed by atoms with Gasteiger partial charge in [-0.3, -0.25) is 0 Å². The first-order valence-electron chi connectivity index (χ1n) is 22.9. The van der Waals surface area contributed by atoms with E-state index in [0.29, 0.717) is 11.8 Å². The molecule has 3 heterocycles. The lowest BCUT2D eigenvalue weighted by molar-refractivity contribution is 0.594. The molecule has 4 atom stereocenters. The second-order valence-corrected chi connectivity index (χ2v) is 18.8. The number of thiophene rings is 1. The van der Waals surface area contributed by atoms with Crippen LogP contribution in [0.5, 0.6) is 0 Å². The summed E-state index contributed by atoms with van der Waals surface area (Å²) in [5.41, 5.74) is 11.9. The summed E-state index contributed by atoms with van der Waals surface area (Å²) in [4.78, 5) is 10.9. The van der Waals surface area contributed by atoms with Gasteiger partial charge in [0.2, 0.25) is 0 Å². The maximum atomic E-state index is 5.56. The Bertz CT molecular complexity index is 3300. The molecule has 0 saturated heterocycles.